The fourth-order valence-electron chi connectivity index (χ4n) is 2.27. The van der Waals surface area contributed by atoms with Gasteiger partial charge in [0, 0.05) is 25.0 Å². The Bertz CT molecular complexity index is 734. The second-order valence-corrected chi connectivity index (χ2v) is 4.65. The topological polar surface area (TPSA) is 17.0 Å². The van der Waals surface area contributed by atoms with Crippen LogP contribution in [0.15, 0.2) is 54.7 Å². The Morgan fingerprint density at radius 2 is 1.80 bits per heavy atom. The van der Waals surface area contributed by atoms with Crippen molar-refractivity contribution < 1.29 is 8.78 Å². The molecule has 3 rings (SSSR count). The molecule has 0 atom stereocenters. The molecule has 3 aromatic rings. The molecule has 0 saturated heterocycles. The minimum Gasteiger partial charge on any atom is -0.383 e. The Balaban J connectivity index is 1.69. The van der Waals surface area contributed by atoms with Crippen LogP contribution in [0.25, 0.3) is 10.9 Å². The molecule has 0 bridgehead atoms. The molecule has 0 radical (unpaired) electrons. The second kappa shape index (κ2) is 5.33. The molecule has 0 aliphatic carbocycles. The van der Waals surface area contributed by atoms with Crippen molar-refractivity contribution in [3.8, 4) is 0 Å². The van der Waals surface area contributed by atoms with Crippen LogP contribution < -0.4 is 5.32 Å². The zero-order valence-corrected chi connectivity index (χ0v) is 10.8. The van der Waals surface area contributed by atoms with Gasteiger partial charge < -0.3 is 9.88 Å². The van der Waals surface area contributed by atoms with Crippen LogP contribution in [0.1, 0.15) is 0 Å². The first-order chi connectivity index (χ1) is 9.72. The van der Waals surface area contributed by atoms with E-state index >= 15 is 0 Å². The van der Waals surface area contributed by atoms with E-state index in [0.29, 0.717) is 13.1 Å². The highest BCUT2D eigenvalue weighted by molar-refractivity contribution is 5.80. The summed E-state index contributed by atoms with van der Waals surface area (Å²) in [6.45, 7) is 1.33. The summed E-state index contributed by atoms with van der Waals surface area (Å²) in [6, 6.07) is 13.0. The molecule has 1 heterocycles. The first kappa shape index (κ1) is 12.7. The van der Waals surface area contributed by atoms with Gasteiger partial charge >= 0.3 is 0 Å². The molecule has 2 nitrogen and oxygen atoms in total. The highest BCUT2D eigenvalue weighted by Gasteiger charge is 2.02. The van der Waals surface area contributed by atoms with E-state index < -0.39 is 0 Å². The van der Waals surface area contributed by atoms with E-state index in [1.807, 2.05) is 22.9 Å². The van der Waals surface area contributed by atoms with E-state index in [1.165, 1.54) is 24.3 Å². The zero-order valence-electron chi connectivity index (χ0n) is 10.8. The molecule has 0 saturated carbocycles. The van der Waals surface area contributed by atoms with Gasteiger partial charge in [-0.3, -0.25) is 0 Å². The number of halogens is 2. The summed E-state index contributed by atoms with van der Waals surface area (Å²) < 4.78 is 28.3. The summed E-state index contributed by atoms with van der Waals surface area (Å²) in [5, 5.41) is 4.16. The van der Waals surface area contributed by atoms with Crippen molar-refractivity contribution in [2.24, 2.45) is 0 Å². The third kappa shape index (κ3) is 2.64. The number of benzene rings is 2. The van der Waals surface area contributed by atoms with Gasteiger partial charge in [0.2, 0.25) is 0 Å². The van der Waals surface area contributed by atoms with Gasteiger partial charge in [-0.05, 0) is 47.9 Å². The van der Waals surface area contributed by atoms with Gasteiger partial charge in [-0.25, -0.2) is 8.78 Å². The molecule has 0 aliphatic rings. The van der Waals surface area contributed by atoms with E-state index in [4.69, 9.17) is 0 Å². The fraction of sp³-hybridized carbons (Fsp3) is 0.125. The number of nitrogens with zero attached hydrogens (tertiary/aromatic N) is 1. The number of anilines is 1. The Morgan fingerprint density at radius 3 is 2.65 bits per heavy atom. The predicted octanol–water partition coefficient (Wildman–Crippen LogP) is 4.03. The summed E-state index contributed by atoms with van der Waals surface area (Å²) in [5.74, 6) is -0.501. The molecule has 1 N–H and O–H groups in total. The highest BCUT2D eigenvalue weighted by Crippen LogP contribution is 2.17. The minimum atomic E-state index is -0.261. The zero-order chi connectivity index (χ0) is 13.9. The van der Waals surface area contributed by atoms with Crippen LogP contribution in [0.3, 0.4) is 0 Å². The van der Waals surface area contributed by atoms with Crippen LogP contribution in [0, 0.1) is 11.6 Å². The molecule has 0 fully saturated rings. The summed E-state index contributed by atoms with van der Waals surface area (Å²) >= 11 is 0. The third-order valence-electron chi connectivity index (χ3n) is 3.24. The van der Waals surface area contributed by atoms with E-state index in [0.717, 1.165) is 16.6 Å². The highest BCUT2D eigenvalue weighted by atomic mass is 19.1. The van der Waals surface area contributed by atoms with Crippen LogP contribution in [0.5, 0.6) is 0 Å². The van der Waals surface area contributed by atoms with Crippen LogP contribution in [-0.4, -0.2) is 11.1 Å². The molecular formula is C16H14F2N2. The van der Waals surface area contributed by atoms with Crippen molar-refractivity contribution in [3.05, 3.63) is 66.4 Å². The van der Waals surface area contributed by atoms with Gasteiger partial charge in [0.1, 0.15) is 11.6 Å². The lowest BCUT2D eigenvalue weighted by molar-refractivity contribution is 0.626. The van der Waals surface area contributed by atoms with Crippen molar-refractivity contribution in [1.82, 2.24) is 4.57 Å². The van der Waals surface area contributed by atoms with Crippen molar-refractivity contribution >= 4 is 16.6 Å². The Labute approximate surface area is 115 Å². The lowest BCUT2D eigenvalue weighted by Gasteiger charge is -2.08. The summed E-state index contributed by atoms with van der Waals surface area (Å²) in [6.07, 6.45) is 1.93. The van der Waals surface area contributed by atoms with E-state index in [9.17, 15) is 8.78 Å². The molecule has 1 aromatic heterocycles. The van der Waals surface area contributed by atoms with Gasteiger partial charge in [0.15, 0.2) is 0 Å². The number of nitrogens with one attached hydrogen (secondary N) is 1. The fourth-order valence-corrected chi connectivity index (χ4v) is 2.27. The molecule has 102 valence electrons. The van der Waals surface area contributed by atoms with Crippen molar-refractivity contribution in [2.45, 2.75) is 6.54 Å². The number of hydrogen-bond acceptors (Lipinski definition) is 1. The van der Waals surface area contributed by atoms with Gasteiger partial charge in [-0.15, -0.1) is 0 Å². The van der Waals surface area contributed by atoms with Gasteiger partial charge in [0.05, 0.1) is 5.52 Å². The Kier molecular flexibility index (Phi) is 3.37. The van der Waals surface area contributed by atoms with Crippen molar-refractivity contribution in [1.29, 1.82) is 0 Å². The summed E-state index contributed by atoms with van der Waals surface area (Å²) in [5.41, 5.74) is 1.61. The molecule has 2 aromatic carbocycles. The first-order valence-corrected chi connectivity index (χ1v) is 6.46. The Hall–Kier alpha value is -2.36. The normalized spacial score (nSPS) is 10.9. The van der Waals surface area contributed by atoms with Crippen molar-refractivity contribution in [2.75, 3.05) is 11.9 Å². The van der Waals surface area contributed by atoms with Crippen LogP contribution in [0.4, 0.5) is 14.5 Å². The van der Waals surface area contributed by atoms with Gasteiger partial charge in [0.25, 0.3) is 0 Å². The predicted molar refractivity (Wildman–Crippen MR) is 76.8 cm³/mol. The maximum atomic E-state index is 13.3. The van der Waals surface area contributed by atoms with Gasteiger partial charge in [-0.2, -0.15) is 0 Å². The lowest BCUT2D eigenvalue weighted by atomic mass is 10.2. The summed E-state index contributed by atoms with van der Waals surface area (Å²) in [4.78, 5) is 0. The van der Waals surface area contributed by atoms with E-state index in [1.54, 1.807) is 12.1 Å². The number of hydrogen-bond donors (Lipinski definition) is 1. The number of aromatic nitrogens is 1. The lowest BCUT2D eigenvalue weighted by Crippen LogP contribution is -2.09. The van der Waals surface area contributed by atoms with E-state index in [2.05, 4.69) is 5.32 Å². The smallest absolute Gasteiger partial charge is 0.125 e. The Morgan fingerprint density at radius 1 is 0.950 bits per heavy atom. The summed E-state index contributed by atoms with van der Waals surface area (Å²) in [7, 11) is 0. The minimum absolute atomic E-state index is 0.240. The number of fused-ring (bicyclic) bond motifs is 1. The SMILES string of the molecule is Fc1cccc(NCCn2ccc3ccc(F)cc32)c1. The average molecular weight is 272 g/mol. The molecule has 0 amide bonds. The quantitative estimate of drug-likeness (QED) is 0.758. The van der Waals surface area contributed by atoms with E-state index in [-0.39, 0.29) is 11.6 Å². The molecular weight excluding hydrogens is 258 g/mol. The number of rotatable bonds is 4. The molecule has 4 heteroatoms. The molecule has 20 heavy (non-hydrogen) atoms. The second-order valence-electron chi connectivity index (χ2n) is 4.65. The van der Waals surface area contributed by atoms with Gasteiger partial charge in [-0.1, -0.05) is 6.07 Å². The maximum absolute atomic E-state index is 13.3. The standard InChI is InChI=1S/C16H14F2N2/c17-13-2-1-3-15(10-13)19-7-9-20-8-6-12-4-5-14(18)11-16(12)20/h1-6,8,10-11,19H,7,9H2. The van der Waals surface area contributed by atoms with Crippen LogP contribution in [-0.2, 0) is 6.54 Å². The van der Waals surface area contributed by atoms with Crippen LogP contribution >= 0.6 is 0 Å². The largest absolute Gasteiger partial charge is 0.383 e. The van der Waals surface area contributed by atoms with Crippen LogP contribution in [0.2, 0.25) is 0 Å². The first-order valence-electron chi connectivity index (χ1n) is 6.46. The third-order valence-corrected chi connectivity index (χ3v) is 3.24. The molecule has 0 spiro atoms. The maximum Gasteiger partial charge on any atom is 0.125 e. The molecule has 0 unspecified atom stereocenters. The van der Waals surface area contributed by atoms with Crippen molar-refractivity contribution in [3.63, 3.8) is 0 Å². The molecule has 0 aliphatic heterocycles. The monoisotopic (exact) mass is 272 g/mol. The average Bonchev–Trinajstić information content (AvgIpc) is 2.82.